The molecule has 6 heteroatoms. The minimum absolute atomic E-state index is 0.257. The van der Waals surface area contributed by atoms with Gasteiger partial charge in [0.1, 0.15) is 9.84 Å². The van der Waals surface area contributed by atoms with Crippen LogP contribution in [0.1, 0.15) is 16.8 Å². The van der Waals surface area contributed by atoms with Crippen LogP contribution < -0.4 is 0 Å². The molecular formula is C18H27N3O2S. The predicted octanol–water partition coefficient (Wildman–Crippen LogP) is 1.95. The van der Waals surface area contributed by atoms with Gasteiger partial charge in [0.2, 0.25) is 0 Å². The lowest BCUT2D eigenvalue weighted by Gasteiger charge is -2.34. The first kappa shape index (κ1) is 17.5. The molecule has 0 atom stereocenters. The van der Waals surface area contributed by atoms with Crippen molar-refractivity contribution in [1.82, 2.24) is 14.8 Å². The molecule has 0 spiro atoms. The smallest absolute Gasteiger partial charge is 0.148 e. The summed E-state index contributed by atoms with van der Waals surface area (Å²) in [4.78, 5) is 8.23. The zero-order valence-electron chi connectivity index (χ0n) is 14.8. The molecule has 1 aromatic carbocycles. The lowest BCUT2D eigenvalue weighted by Crippen LogP contribution is -2.47. The molecule has 3 rings (SSSR count). The lowest BCUT2D eigenvalue weighted by molar-refractivity contribution is 0.133. The first-order valence-corrected chi connectivity index (χ1v) is 10.6. The summed E-state index contributed by atoms with van der Waals surface area (Å²) in [6.07, 6.45) is 1.31. The Morgan fingerprint density at radius 2 is 1.75 bits per heavy atom. The average molecular weight is 350 g/mol. The van der Waals surface area contributed by atoms with Crippen molar-refractivity contribution < 1.29 is 8.42 Å². The molecule has 2 heterocycles. The monoisotopic (exact) mass is 349 g/mol. The molecule has 1 saturated heterocycles. The van der Waals surface area contributed by atoms with E-state index in [9.17, 15) is 8.42 Å². The van der Waals surface area contributed by atoms with E-state index >= 15 is 0 Å². The molecule has 2 aromatic rings. The summed E-state index contributed by atoms with van der Waals surface area (Å²) in [6.45, 7) is 9.73. The highest BCUT2D eigenvalue weighted by atomic mass is 32.2. The third kappa shape index (κ3) is 3.99. The van der Waals surface area contributed by atoms with Gasteiger partial charge in [-0.25, -0.2) is 8.42 Å². The van der Waals surface area contributed by atoms with E-state index in [-0.39, 0.29) is 5.75 Å². The van der Waals surface area contributed by atoms with E-state index in [4.69, 9.17) is 0 Å². The molecular weight excluding hydrogens is 322 g/mol. The van der Waals surface area contributed by atoms with Crippen LogP contribution in [0.2, 0.25) is 0 Å². The maximum Gasteiger partial charge on any atom is 0.148 e. The highest BCUT2D eigenvalue weighted by Crippen LogP contribution is 2.25. The van der Waals surface area contributed by atoms with Crippen molar-refractivity contribution in [1.29, 1.82) is 0 Å². The highest BCUT2D eigenvalue weighted by Gasteiger charge is 2.19. The van der Waals surface area contributed by atoms with Crippen molar-refractivity contribution in [3.63, 3.8) is 0 Å². The van der Waals surface area contributed by atoms with Crippen molar-refractivity contribution in [2.24, 2.45) is 0 Å². The molecule has 1 aromatic heterocycles. The maximum absolute atomic E-state index is 11.3. The number of aromatic nitrogens is 1. The van der Waals surface area contributed by atoms with Crippen LogP contribution in [-0.2, 0) is 16.4 Å². The maximum atomic E-state index is 11.3. The van der Waals surface area contributed by atoms with Crippen LogP contribution in [0.25, 0.3) is 10.9 Å². The van der Waals surface area contributed by atoms with Crippen LogP contribution >= 0.6 is 0 Å². The van der Waals surface area contributed by atoms with Gasteiger partial charge >= 0.3 is 0 Å². The SMILES string of the molecule is Cc1[nH]c2c(CN3CCN(CCS(C)(=O)=O)CC3)cccc2c1C. The number of nitrogens with zero attached hydrogens (tertiary/aromatic N) is 2. The largest absolute Gasteiger partial charge is 0.358 e. The van der Waals surface area contributed by atoms with Gasteiger partial charge in [-0.1, -0.05) is 18.2 Å². The second-order valence-electron chi connectivity index (χ2n) is 6.96. The molecule has 0 bridgehead atoms. The second-order valence-corrected chi connectivity index (χ2v) is 9.22. The summed E-state index contributed by atoms with van der Waals surface area (Å²) in [5.74, 6) is 0.257. The third-order valence-electron chi connectivity index (χ3n) is 5.07. The number of nitrogens with one attached hydrogen (secondary N) is 1. The number of benzene rings is 1. The third-order valence-corrected chi connectivity index (χ3v) is 5.99. The van der Waals surface area contributed by atoms with Gasteiger partial charge in [0.15, 0.2) is 0 Å². The van der Waals surface area contributed by atoms with Crippen LogP contribution in [0, 0.1) is 13.8 Å². The molecule has 0 saturated carbocycles. The summed E-state index contributed by atoms with van der Waals surface area (Å²) >= 11 is 0. The number of hydrogen-bond acceptors (Lipinski definition) is 4. The first-order chi connectivity index (χ1) is 11.3. The Morgan fingerprint density at radius 3 is 2.42 bits per heavy atom. The van der Waals surface area contributed by atoms with E-state index in [1.54, 1.807) is 0 Å². The Morgan fingerprint density at radius 1 is 1.08 bits per heavy atom. The summed E-state index contributed by atoms with van der Waals surface area (Å²) < 4.78 is 22.6. The van der Waals surface area contributed by atoms with Gasteiger partial charge in [-0.2, -0.15) is 0 Å². The minimum atomic E-state index is -2.87. The number of H-pyrrole nitrogens is 1. The average Bonchev–Trinajstić information content (AvgIpc) is 2.82. The van der Waals surface area contributed by atoms with Gasteiger partial charge in [-0.3, -0.25) is 9.80 Å². The van der Waals surface area contributed by atoms with Crippen LogP contribution in [0.4, 0.5) is 0 Å². The van der Waals surface area contributed by atoms with Crippen molar-refractivity contribution in [3.8, 4) is 0 Å². The van der Waals surface area contributed by atoms with Crippen molar-refractivity contribution >= 4 is 20.7 Å². The summed E-state index contributed by atoms with van der Waals surface area (Å²) in [5.41, 5.74) is 5.17. The molecule has 5 nitrogen and oxygen atoms in total. The van der Waals surface area contributed by atoms with Gasteiger partial charge in [0.05, 0.1) is 11.3 Å². The van der Waals surface area contributed by atoms with Gasteiger partial charge in [0, 0.05) is 56.6 Å². The Kier molecular flexibility index (Phi) is 4.99. The Bertz CT molecular complexity index is 818. The van der Waals surface area contributed by atoms with Crippen LogP contribution in [0.5, 0.6) is 0 Å². The van der Waals surface area contributed by atoms with E-state index in [0.29, 0.717) is 6.54 Å². The van der Waals surface area contributed by atoms with E-state index in [2.05, 4.69) is 46.8 Å². The van der Waals surface area contributed by atoms with E-state index in [1.165, 1.54) is 34.0 Å². The van der Waals surface area contributed by atoms with Crippen LogP contribution in [0.3, 0.4) is 0 Å². The van der Waals surface area contributed by atoms with Crippen molar-refractivity contribution in [2.45, 2.75) is 20.4 Å². The van der Waals surface area contributed by atoms with Gasteiger partial charge in [-0.15, -0.1) is 0 Å². The van der Waals surface area contributed by atoms with Crippen LogP contribution in [-0.4, -0.2) is 67.9 Å². The van der Waals surface area contributed by atoms with E-state index < -0.39 is 9.84 Å². The van der Waals surface area contributed by atoms with Crippen LogP contribution in [0.15, 0.2) is 18.2 Å². The Labute approximate surface area is 144 Å². The standard InChI is InChI=1S/C18H27N3O2S/c1-14-15(2)19-18-16(5-4-6-17(14)18)13-21-9-7-20(8-10-21)11-12-24(3,22)23/h4-6,19H,7-13H2,1-3H3. The highest BCUT2D eigenvalue weighted by molar-refractivity contribution is 7.90. The number of fused-ring (bicyclic) bond motifs is 1. The fourth-order valence-electron chi connectivity index (χ4n) is 3.38. The first-order valence-electron chi connectivity index (χ1n) is 8.53. The van der Waals surface area contributed by atoms with E-state index in [1.807, 2.05) is 0 Å². The molecule has 1 aliphatic rings. The Balaban J connectivity index is 1.62. The van der Waals surface area contributed by atoms with Crippen molar-refractivity contribution in [2.75, 3.05) is 44.7 Å². The number of para-hydroxylation sites is 1. The number of rotatable bonds is 5. The summed E-state index contributed by atoms with van der Waals surface area (Å²) in [7, 11) is -2.87. The molecule has 1 N–H and O–H groups in total. The van der Waals surface area contributed by atoms with Gasteiger partial charge in [0.25, 0.3) is 0 Å². The number of sulfone groups is 1. The summed E-state index contributed by atoms with van der Waals surface area (Å²) in [6, 6.07) is 6.52. The van der Waals surface area contributed by atoms with Crippen molar-refractivity contribution in [3.05, 3.63) is 35.0 Å². The number of aromatic amines is 1. The predicted molar refractivity (Wildman–Crippen MR) is 99.2 cm³/mol. The molecule has 1 aliphatic heterocycles. The Hall–Kier alpha value is -1.37. The summed E-state index contributed by atoms with van der Waals surface area (Å²) in [5, 5.41) is 1.32. The fourth-order valence-corrected chi connectivity index (χ4v) is 3.97. The fraction of sp³-hybridized carbons (Fsp3) is 0.556. The molecule has 1 fully saturated rings. The quantitative estimate of drug-likeness (QED) is 0.896. The topological polar surface area (TPSA) is 56.4 Å². The van der Waals surface area contributed by atoms with Gasteiger partial charge in [-0.05, 0) is 25.0 Å². The molecule has 24 heavy (non-hydrogen) atoms. The molecule has 0 unspecified atom stereocenters. The molecule has 0 aliphatic carbocycles. The lowest BCUT2D eigenvalue weighted by atomic mass is 10.1. The molecule has 0 amide bonds. The van der Waals surface area contributed by atoms with Gasteiger partial charge < -0.3 is 4.98 Å². The zero-order chi connectivity index (χ0) is 17.3. The normalized spacial score (nSPS) is 17.6. The molecule has 132 valence electrons. The minimum Gasteiger partial charge on any atom is -0.358 e. The van der Waals surface area contributed by atoms with E-state index in [0.717, 1.165) is 32.7 Å². The second kappa shape index (κ2) is 6.86. The number of aryl methyl sites for hydroxylation is 2. The zero-order valence-corrected chi connectivity index (χ0v) is 15.6. The number of hydrogen-bond donors (Lipinski definition) is 1. The number of piperazine rings is 1. The molecule has 0 radical (unpaired) electrons.